The van der Waals surface area contributed by atoms with Gasteiger partial charge in [0.25, 0.3) is 5.91 Å². The molecule has 0 unspecified atom stereocenters. The van der Waals surface area contributed by atoms with E-state index in [-0.39, 0.29) is 11.7 Å². The molecule has 1 amide bonds. The first-order chi connectivity index (χ1) is 13.1. The quantitative estimate of drug-likeness (QED) is 0.586. The van der Waals surface area contributed by atoms with Crippen LogP contribution in [0.3, 0.4) is 0 Å². The normalized spacial score (nSPS) is 10.7. The van der Waals surface area contributed by atoms with E-state index in [0.717, 1.165) is 21.8 Å². The summed E-state index contributed by atoms with van der Waals surface area (Å²) < 4.78 is 14.6. The van der Waals surface area contributed by atoms with E-state index in [1.165, 1.54) is 34.5 Å². The number of rotatable bonds is 4. The molecule has 2 heterocycles. The molecule has 4 aromatic rings. The van der Waals surface area contributed by atoms with Crippen LogP contribution < -0.4 is 5.32 Å². The number of nitrogens with one attached hydrogen (secondary N) is 1. The van der Waals surface area contributed by atoms with Gasteiger partial charge in [0.2, 0.25) is 0 Å². The van der Waals surface area contributed by atoms with Crippen molar-refractivity contribution in [3.8, 4) is 16.9 Å². The van der Waals surface area contributed by atoms with Crippen LogP contribution in [0, 0.1) is 12.7 Å². The Morgan fingerprint density at radius 1 is 1.11 bits per heavy atom. The summed E-state index contributed by atoms with van der Waals surface area (Å²) in [5.74, 6) is -0.567. The number of hydrogen-bond acceptors (Lipinski definition) is 6. The van der Waals surface area contributed by atoms with Gasteiger partial charge in [0.15, 0.2) is 5.13 Å². The summed E-state index contributed by atoms with van der Waals surface area (Å²) in [5.41, 5.74) is 2.77. The van der Waals surface area contributed by atoms with Crippen LogP contribution in [0.15, 0.2) is 54.9 Å². The third kappa shape index (κ3) is 3.58. The van der Waals surface area contributed by atoms with Gasteiger partial charge in [-0.2, -0.15) is 0 Å². The highest BCUT2D eigenvalue weighted by Gasteiger charge is 2.13. The molecule has 0 spiro atoms. The molecule has 2 aromatic heterocycles. The second-order valence-electron chi connectivity index (χ2n) is 5.69. The second-order valence-corrected chi connectivity index (χ2v) is 6.89. The minimum absolute atomic E-state index is 0.266. The highest BCUT2D eigenvalue weighted by atomic mass is 32.1. The van der Waals surface area contributed by atoms with Crippen LogP contribution in [0.2, 0.25) is 0 Å². The third-order valence-electron chi connectivity index (χ3n) is 3.88. The van der Waals surface area contributed by atoms with Crippen molar-refractivity contribution in [1.82, 2.24) is 25.2 Å². The summed E-state index contributed by atoms with van der Waals surface area (Å²) in [6, 6.07) is 13.0. The molecule has 27 heavy (non-hydrogen) atoms. The van der Waals surface area contributed by atoms with Gasteiger partial charge >= 0.3 is 0 Å². The largest absolute Gasteiger partial charge is 0.298 e. The van der Waals surface area contributed by atoms with Crippen molar-refractivity contribution in [2.75, 3.05) is 5.32 Å². The fourth-order valence-electron chi connectivity index (χ4n) is 2.54. The number of carbonyl (C=O) groups is 1. The molecule has 0 aliphatic carbocycles. The van der Waals surface area contributed by atoms with Gasteiger partial charge in [-0.15, -0.1) is 16.4 Å². The second kappa shape index (κ2) is 7.04. The summed E-state index contributed by atoms with van der Waals surface area (Å²) in [6.07, 6.45) is 1.48. The van der Waals surface area contributed by atoms with Crippen molar-refractivity contribution in [2.45, 2.75) is 6.92 Å². The molecule has 0 aliphatic heterocycles. The van der Waals surface area contributed by atoms with Crippen molar-refractivity contribution in [1.29, 1.82) is 0 Å². The molecular formula is C18H13FN6OS. The third-order valence-corrected chi connectivity index (χ3v) is 4.76. The maximum absolute atomic E-state index is 13.1. The van der Waals surface area contributed by atoms with Crippen molar-refractivity contribution < 1.29 is 9.18 Å². The standard InChI is InChI=1S/C18H13FN6OS/c1-11-16(12-2-6-14(19)7-3-12)21-18(27-11)22-17(26)13-4-8-15(9-5-13)25-10-20-23-24-25/h2-10H,1H3,(H,21,22,26). The number of amides is 1. The monoisotopic (exact) mass is 380 g/mol. The van der Waals surface area contributed by atoms with E-state index < -0.39 is 0 Å². The Kier molecular flexibility index (Phi) is 4.43. The Labute approximate surface area is 157 Å². The van der Waals surface area contributed by atoms with E-state index in [4.69, 9.17) is 0 Å². The minimum atomic E-state index is -0.301. The summed E-state index contributed by atoms with van der Waals surface area (Å²) in [7, 11) is 0. The van der Waals surface area contributed by atoms with E-state index in [1.54, 1.807) is 36.4 Å². The molecule has 4 rings (SSSR count). The number of aryl methyl sites for hydroxylation is 1. The average Bonchev–Trinajstić information content (AvgIpc) is 3.33. The Bertz CT molecular complexity index is 1070. The van der Waals surface area contributed by atoms with E-state index >= 15 is 0 Å². The molecule has 0 bridgehead atoms. The van der Waals surface area contributed by atoms with Crippen LogP contribution in [-0.2, 0) is 0 Å². The van der Waals surface area contributed by atoms with Crippen molar-refractivity contribution in [3.05, 3.63) is 71.1 Å². The molecule has 1 N–H and O–H groups in total. The number of nitrogens with zero attached hydrogens (tertiary/aromatic N) is 5. The van der Waals surface area contributed by atoms with Gasteiger partial charge in [-0.3, -0.25) is 10.1 Å². The number of hydrogen-bond donors (Lipinski definition) is 1. The zero-order valence-corrected chi connectivity index (χ0v) is 14.9. The van der Waals surface area contributed by atoms with Crippen LogP contribution >= 0.6 is 11.3 Å². The van der Waals surface area contributed by atoms with Crippen LogP contribution in [0.1, 0.15) is 15.2 Å². The molecule has 2 aromatic carbocycles. The van der Waals surface area contributed by atoms with E-state index in [0.29, 0.717) is 10.7 Å². The molecule has 0 aliphatic rings. The molecule has 9 heteroatoms. The number of carbonyl (C=O) groups excluding carboxylic acids is 1. The van der Waals surface area contributed by atoms with Gasteiger partial charge in [0.05, 0.1) is 11.4 Å². The SMILES string of the molecule is Cc1sc(NC(=O)c2ccc(-n3cnnn3)cc2)nc1-c1ccc(F)cc1. The lowest BCUT2D eigenvalue weighted by atomic mass is 10.1. The van der Waals surface area contributed by atoms with Gasteiger partial charge < -0.3 is 0 Å². The summed E-state index contributed by atoms with van der Waals surface area (Å²) >= 11 is 1.37. The van der Waals surface area contributed by atoms with E-state index in [1.807, 2.05) is 6.92 Å². The van der Waals surface area contributed by atoms with Crippen LogP contribution in [0.5, 0.6) is 0 Å². The number of tetrazole rings is 1. The Morgan fingerprint density at radius 3 is 2.52 bits per heavy atom. The average molecular weight is 380 g/mol. The number of aromatic nitrogens is 5. The molecule has 0 atom stereocenters. The van der Waals surface area contributed by atoms with Crippen molar-refractivity contribution in [2.24, 2.45) is 0 Å². The van der Waals surface area contributed by atoms with Gasteiger partial charge in [-0.25, -0.2) is 14.1 Å². The molecule has 134 valence electrons. The maximum Gasteiger partial charge on any atom is 0.257 e. The van der Waals surface area contributed by atoms with Gasteiger partial charge in [0.1, 0.15) is 12.1 Å². The Morgan fingerprint density at radius 2 is 1.85 bits per heavy atom. The first-order valence-electron chi connectivity index (χ1n) is 7.98. The summed E-state index contributed by atoms with van der Waals surface area (Å²) in [5, 5.41) is 14.2. The lowest BCUT2D eigenvalue weighted by Gasteiger charge is -2.03. The zero-order valence-electron chi connectivity index (χ0n) is 14.1. The predicted molar refractivity (Wildman–Crippen MR) is 99.4 cm³/mol. The minimum Gasteiger partial charge on any atom is -0.298 e. The highest BCUT2D eigenvalue weighted by Crippen LogP contribution is 2.30. The zero-order chi connectivity index (χ0) is 18.8. The molecule has 0 fully saturated rings. The molecule has 7 nitrogen and oxygen atoms in total. The predicted octanol–water partition coefficient (Wildman–Crippen LogP) is 3.49. The Hall–Kier alpha value is -3.46. The summed E-state index contributed by atoms with van der Waals surface area (Å²) in [4.78, 5) is 17.9. The van der Waals surface area contributed by atoms with E-state index in [2.05, 4.69) is 25.8 Å². The molecule has 0 radical (unpaired) electrons. The fraction of sp³-hybridized carbons (Fsp3) is 0.0556. The number of benzene rings is 2. The van der Waals surface area contributed by atoms with Gasteiger partial charge in [-0.1, -0.05) is 0 Å². The first kappa shape index (κ1) is 17.0. The molecular weight excluding hydrogens is 367 g/mol. The Balaban J connectivity index is 1.51. The number of anilines is 1. The van der Waals surface area contributed by atoms with E-state index in [9.17, 15) is 9.18 Å². The fourth-order valence-corrected chi connectivity index (χ4v) is 3.37. The topological polar surface area (TPSA) is 85.6 Å². The number of halogens is 1. The van der Waals surface area contributed by atoms with Gasteiger partial charge in [0, 0.05) is 16.0 Å². The van der Waals surface area contributed by atoms with Crippen LogP contribution in [0.25, 0.3) is 16.9 Å². The van der Waals surface area contributed by atoms with Crippen molar-refractivity contribution >= 4 is 22.4 Å². The van der Waals surface area contributed by atoms with Gasteiger partial charge in [-0.05, 0) is 65.9 Å². The van der Waals surface area contributed by atoms with Crippen LogP contribution in [0.4, 0.5) is 9.52 Å². The molecule has 0 saturated carbocycles. The molecule has 0 saturated heterocycles. The smallest absolute Gasteiger partial charge is 0.257 e. The highest BCUT2D eigenvalue weighted by molar-refractivity contribution is 7.16. The van der Waals surface area contributed by atoms with Crippen LogP contribution in [-0.4, -0.2) is 31.1 Å². The first-order valence-corrected chi connectivity index (χ1v) is 8.80. The maximum atomic E-state index is 13.1. The summed E-state index contributed by atoms with van der Waals surface area (Å²) in [6.45, 7) is 1.91. The lowest BCUT2D eigenvalue weighted by molar-refractivity contribution is 0.102. The van der Waals surface area contributed by atoms with Crippen molar-refractivity contribution in [3.63, 3.8) is 0 Å². The lowest BCUT2D eigenvalue weighted by Crippen LogP contribution is -2.11. The number of thiazole rings is 1.